The van der Waals surface area contributed by atoms with Crippen LogP contribution < -0.4 is 4.90 Å². The summed E-state index contributed by atoms with van der Waals surface area (Å²) in [6, 6.07) is 27.8. The van der Waals surface area contributed by atoms with E-state index in [9.17, 15) is 19.1 Å². The quantitative estimate of drug-likeness (QED) is 0.185. The summed E-state index contributed by atoms with van der Waals surface area (Å²) in [4.78, 5) is 35.6. The van der Waals surface area contributed by atoms with Gasteiger partial charge in [-0.15, -0.1) is 0 Å². The van der Waals surface area contributed by atoms with E-state index < -0.39 is 5.82 Å². The monoisotopic (exact) mass is 718 g/mol. The molecule has 1 saturated heterocycles. The number of carbonyl (C=O) groups is 2. The molecule has 10 heteroatoms. The molecule has 0 unspecified atom stereocenters. The number of rotatable bonds is 7. The molecular formula is C42H40ClFN4O4. The summed E-state index contributed by atoms with van der Waals surface area (Å²) >= 11 is 6.69. The van der Waals surface area contributed by atoms with Crippen molar-refractivity contribution < 1.29 is 23.8 Å². The molecule has 1 aromatic heterocycles. The van der Waals surface area contributed by atoms with E-state index in [0.29, 0.717) is 65.8 Å². The second-order valence-electron chi connectivity index (χ2n) is 13.8. The molecule has 1 atom stereocenters. The fourth-order valence-electron chi connectivity index (χ4n) is 7.92. The lowest BCUT2D eigenvalue weighted by atomic mass is 9.92. The summed E-state index contributed by atoms with van der Waals surface area (Å²) < 4.78 is 21.8. The molecule has 8 nitrogen and oxygen atoms in total. The van der Waals surface area contributed by atoms with Crippen LogP contribution in [0.2, 0.25) is 5.02 Å². The summed E-state index contributed by atoms with van der Waals surface area (Å²) in [6.45, 7) is 4.97. The normalized spacial score (nSPS) is 17.3. The van der Waals surface area contributed by atoms with Crippen molar-refractivity contribution >= 4 is 34.8 Å². The number of hydrogen-bond donors (Lipinski definition) is 1. The highest BCUT2D eigenvalue weighted by Crippen LogP contribution is 2.38. The minimum atomic E-state index is -0.409. The van der Waals surface area contributed by atoms with Crippen molar-refractivity contribution in [3.05, 3.63) is 136 Å². The van der Waals surface area contributed by atoms with E-state index in [1.807, 2.05) is 29.2 Å². The highest BCUT2D eigenvalue weighted by molar-refractivity contribution is 6.31. The van der Waals surface area contributed by atoms with Gasteiger partial charge in [-0.25, -0.2) is 4.39 Å². The van der Waals surface area contributed by atoms with Gasteiger partial charge >= 0.3 is 0 Å². The number of fused-ring (bicyclic) bond motifs is 2. The predicted molar refractivity (Wildman–Crippen MR) is 200 cm³/mol. The number of nitrogens with zero attached hydrogens (tertiary/aromatic N) is 4. The molecule has 1 fully saturated rings. The number of halogens is 2. The number of ether oxygens (including phenoxy) is 1. The lowest BCUT2D eigenvalue weighted by Gasteiger charge is -2.40. The van der Waals surface area contributed by atoms with Gasteiger partial charge in [0.1, 0.15) is 11.6 Å². The van der Waals surface area contributed by atoms with E-state index in [1.165, 1.54) is 29.8 Å². The van der Waals surface area contributed by atoms with Gasteiger partial charge in [0.05, 0.1) is 18.8 Å². The minimum Gasteiger partial charge on any atom is -0.508 e. The molecule has 8 rings (SSSR count). The molecular weight excluding hydrogens is 679 g/mol. The van der Waals surface area contributed by atoms with Crippen molar-refractivity contribution in [2.45, 2.75) is 44.8 Å². The van der Waals surface area contributed by atoms with Crippen LogP contribution in [0.15, 0.2) is 97.1 Å². The maximum absolute atomic E-state index is 14.9. The molecule has 1 N–H and O–H groups in total. The van der Waals surface area contributed by atoms with Crippen LogP contribution in [-0.2, 0) is 30.7 Å². The van der Waals surface area contributed by atoms with E-state index in [-0.39, 0.29) is 23.6 Å². The largest absolute Gasteiger partial charge is 0.508 e. The second kappa shape index (κ2) is 14.6. The Kier molecular flexibility index (Phi) is 9.57. The van der Waals surface area contributed by atoms with Gasteiger partial charge in [-0.3, -0.25) is 19.4 Å². The average Bonchev–Trinajstić information content (AvgIpc) is 3.56. The van der Waals surface area contributed by atoms with Crippen molar-refractivity contribution in [1.29, 1.82) is 0 Å². The molecule has 3 aliphatic rings. The van der Waals surface area contributed by atoms with Gasteiger partial charge in [0.2, 0.25) is 0 Å². The molecule has 0 radical (unpaired) electrons. The molecule has 0 saturated carbocycles. The van der Waals surface area contributed by atoms with Crippen molar-refractivity contribution in [3.8, 4) is 17.0 Å². The summed E-state index contributed by atoms with van der Waals surface area (Å²) in [5.74, 6) is -0.702. The first kappa shape index (κ1) is 34.1. The highest BCUT2D eigenvalue weighted by atomic mass is 35.5. The Morgan fingerprint density at radius 2 is 1.56 bits per heavy atom. The van der Waals surface area contributed by atoms with Crippen LogP contribution in [0, 0.1) is 5.82 Å². The lowest BCUT2D eigenvalue weighted by Crippen LogP contribution is -2.52. The number of amides is 2. The minimum absolute atomic E-state index is 0.0306. The maximum atomic E-state index is 14.9. The van der Waals surface area contributed by atoms with Gasteiger partial charge in [-0.1, -0.05) is 35.9 Å². The molecule has 3 aliphatic heterocycles. The number of morpholine rings is 1. The van der Waals surface area contributed by atoms with Gasteiger partial charge in [-0.2, -0.15) is 0 Å². The van der Waals surface area contributed by atoms with Crippen LogP contribution in [-0.4, -0.2) is 70.2 Å². The van der Waals surface area contributed by atoms with Crippen LogP contribution in [0.5, 0.6) is 5.75 Å². The molecule has 4 aromatic carbocycles. The van der Waals surface area contributed by atoms with Gasteiger partial charge < -0.3 is 19.3 Å². The van der Waals surface area contributed by atoms with Crippen LogP contribution in [0.4, 0.5) is 15.8 Å². The third-order valence-electron chi connectivity index (χ3n) is 10.6. The van der Waals surface area contributed by atoms with Crippen LogP contribution in [0.25, 0.3) is 11.3 Å². The van der Waals surface area contributed by atoms with Gasteiger partial charge in [0.15, 0.2) is 0 Å². The third kappa shape index (κ3) is 6.72. The summed E-state index contributed by atoms with van der Waals surface area (Å²) in [7, 11) is 0. The highest BCUT2D eigenvalue weighted by Gasteiger charge is 2.35. The van der Waals surface area contributed by atoms with E-state index in [0.717, 1.165) is 55.8 Å². The first-order valence-electron chi connectivity index (χ1n) is 17.9. The van der Waals surface area contributed by atoms with Crippen molar-refractivity contribution in [3.63, 3.8) is 0 Å². The first-order chi connectivity index (χ1) is 25.3. The second-order valence-corrected chi connectivity index (χ2v) is 14.2. The summed E-state index contributed by atoms with van der Waals surface area (Å²) in [5.41, 5.74) is 6.80. The van der Waals surface area contributed by atoms with Crippen molar-refractivity contribution in [2.24, 2.45) is 0 Å². The Bertz CT molecular complexity index is 2060. The van der Waals surface area contributed by atoms with Crippen molar-refractivity contribution in [1.82, 2.24) is 14.4 Å². The standard InChI is InChI=1S/C42H40ClFN4O4/c43-30-8-17-36(41(50)47-26-29-6-2-1-5-28(29)23-34(47)27-45-19-21-52-22-20-45)37(24-30)40-25-38(39-7-3-4-18-46(39)40)42(51)48(32-11-9-31(44)10-12-32)33-13-15-35(49)16-14-33/h1-2,5-6,8-17,24-25,34,49H,3-4,7,18-23,26-27H2/t34-/m0/s1. The van der Waals surface area contributed by atoms with E-state index in [2.05, 4.69) is 27.7 Å². The molecule has 0 spiro atoms. The summed E-state index contributed by atoms with van der Waals surface area (Å²) in [6.07, 6.45) is 3.29. The molecule has 5 aromatic rings. The summed E-state index contributed by atoms with van der Waals surface area (Å²) in [5, 5.41) is 10.5. The zero-order chi connectivity index (χ0) is 35.8. The van der Waals surface area contributed by atoms with Crippen LogP contribution >= 0.6 is 11.6 Å². The average molecular weight is 719 g/mol. The molecule has 4 heterocycles. The number of phenolic OH excluding ortho intramolecular Hbond substituents is 1. The number of aromatic nitrogens is 1. The Morgan fingerprint density at radius 1 is 0.846 bits per heavy atom. The SMILES string of the molecule is O=C(c1cc(-c2cc(Cl)ccc2C(=O)N2Cc3ccccc3C[C@H]2CN2CCOCC2)n2c1CCCC2)N(c1ccc(O)cc1)c1ccc(F)cc1. The van der Waals surface area contributed by atoms with Gasteiger partial charge in [0.25, 0.3) is 11.8 Å². The lowest BCUT2D eigenvalue weighted by molar-refractivity contribution is 0.0193. The zero-order valence-electron chi connectivity index (χ0n) is 28.8. The maximum Gasteiger partial charge on any atom is 0.264 e. The third-order valence-corrected chi connectivity index (χ3v) is 10.8. The van der Waals surface area contributed by atoms with Gasteiger partial charge in [-0.05, 0) is 110 Å². The molecule has 0 aliphatic carbocycles. The number of carbonyl (C=O) groups excluding carboxylic acids is 2. The Morgan fingerprint density at radius 3 is 2.31 bits per heavy atom. The fraction of sp³-hybridized carbons (Fsp3) is 0.286. The Labute approximate surface area is 307 Å². The van der Waals surface area contributed by atoms with Crippen molar-refractivity contribution in [2.75, 3.05) is 37.7 Å². The zero-order valence-corrected chi connectivity index (χ0v) is 29.6. The molecule has 52 heavy (non-hydrogen) atoms. The van der Waals surface area contributed by atoms with E-state index in [4.69, 9.17) is 16.3 Å². The van der Waals surface area contributed by atoms with E-state index >= 15 is 0 Å². The number of aromatic hydroxyl groups is 1. The van der Waals surface area contributed by atoms with Crippen LogP contribution in [0.1, 0.15) is 50.4 Å². The number of hydrogen-bond acceptors (Lipinski definition) is 5. The number of phenols is 1. The Balaban J connectivity index is 1.21. The topological polar surface area (TPSA) is 78.3 Å². The van der Waals surface area contributed by atoms with Crippen LogP contribution in [0.3, 0.4) is 0 Å². The Hall–Kier alpha value is -4.96. The fourth-order valence-corrected chi connectivity index (χ4v) is 8.09. The predicted octanol–water partition coefficient (Wildman–Crippen LogP) is 7.87. The number of benzene rings is 4. The van der Waals surface area contributed by atoms with E-state index in [1.54, 1.807) is 35.2 Å². The molecule has 2 amide bonds. The molecule has 0 bridgehead atoms. The number of anilines is 2. The van der Waals surface area contributed by atoms with Gasteiger partial charge in [0, 0.05) is 77.7 Å². The molecule has 266 valence electrons. The smallest absolute Gasteiger partial charge is 0.264 e. The first-order valence-corrected chi connectivity index (χ1v) is 18.3.